The van der Waals surface area contributed by atoms with Gasteiger partial charge < -0.3 is 19.6 Å². The number of fused-ring (bicyclic) bond motifs is 1. The van der Waals surface area contributed by atoms with Crippen LogP contribution in [0.4, 0.5) is 8.78 Å². The zero-order valence-electron chi connectivity index (χ0n) is 18.4. The molecule has 3 aromatic rings. The fourth-order valence-corrected chi connectivity index (χ4v) is 5.25. The van der Waals surface area contributed by atoms with Crippen LogP contribution in [0.1, 0.15) is 35.2 Å². The topological polar surface area (TPSA) is 126 Å². The van der Waals surface area contributed by atoms with E-state index in [-0.39, 0.29) is 34.8 Å². The third-order valence-electron chi connectivity index (χ3n) is 5.76. The van der Waals surface area contributed by atoms with Gasteiger partial charge in [0.2, 0.25) is 11.8 Å². The van der Waals surface area contributed by atoms with Crippen LogP contribution in [0.5, 0.6) is 5.88 Å². The standard InChI is InChI=1S/C23H19F2N5O4S/c1-32-21(31)23-8-14(23)20(30-22(26)35-23)13-6-12(2-3-15(13)24)7-16(25)17-9-29-18(10-28-17)34-11-19-27-4-5-33-19/h2-7,9-10,14,20H,8,11H2,1H3,(H2,26,30)/b16-7-. The predicted molar refractivity (Wildman–Crippen MR) is 123 cm³/mol. The molecule has 3 atom stereocenters. The number of aromatic nitrogens is 3. The molecule has 35 heavy (non-hydrogen) atoms. The molecule has 0 radical (unpaired) electrons. The molecule has 0 saturated heterocycles. The maximum absolute atomic E-state index is 14.9. The Morgan fingerprint density at radius 2 is 2.20 bits per heavy atom. The van der Waals surface area contributed by atoms with E-state index in [9.17, 15) is 13.6 Å². The number of nitrogens with two attached hydrogens (primary N) is 1. The summed E-state index contributed by atoms with van der Waals surface area (Å²) in [5.41, 5.74) is 6.53. The average molecular weight is 499 g/mol. The SMILES string of the molecule is COC(=O)C12CC1C(c1cc(/C=C(\F)c3cnc(OCc4ncco4)cn3)ccc1F)N=C(N)S2. The molecule has 1 saturated carbocycles. The molecule has 2 N–H and O–H groups in total. The maximum Gasteiger partial charge on any atom is 0.322 e. The normalized spacial score (nSPS) is 23.3. The largest absolute Gasteiger partial charge is 0.468 e. The number of aliphatic imine (C=N–C) groups is 1. The van der Waals surface area contributed by atoms with E-state index in [0.717, 1.165) is 11.8 Å². The van der Waals surface area contributed by atoms with Crippen molar-refractivity contribution in [3.05, 3.63) is 71.6 Å². The Labute approximate surface area is 202 Å². The Balaban J connectivity index is 1.34. The number of methoxy groups -OCH3 is 1. The van der Waals surface area contributed by atoms with Crippen LogP contribution < -0.4 is 10.5 Å². The highest BCUT2D eigenvalue weighted by Gasteiger charge is 2.67. The van der Waals surface area contributed by atoms with Gasteiger partial charge in [-0.3, -0.25) is 9.79 Å². The number of ether oxygens (including phenoxy) is 2. The third kappa shape index (κ3) is 4.48. The Morgan fingerprint density at radius 3 is 2.91 bits per heavy atom. The number of oxazole rings is 1. The second-order valence-corrected chi connectivity index (χ2v) is 9.28. The minimum atomic E-state index is -0.860. The van der Waals surface area contributed by atoms with Crippen LogP contribution in [0.2, 0.25) is 0 Å². The summed E-state index contributed by atoms with van der Waals surface area (Å²) in [4.78, 5) is 28.6. The molecular formula is C23H19F2N5O4S. The van der Waals surface area contributed by atoms with E-state index in [1.165, 1.54) is 56.2 Å². The van der Waals surface area contributed by atoms with Gasteiger partial charge in [-0.15, -0.1) is 0 Å². The number of hydrogen-bond acceptors (Lipinski definition) is 10. The van der Waals surface area contributed by atoms with Gasteiger partial charge in [0.1, 0.15) is 22.5 Å². The van der Waals surface area contributed by atoms with Gasteiger partial charge in [0, 0.05) is 11.5 Å². The zero-order chi connectivity index (χ0) is 24.6. The van der Waals surface area contributed by atoms with Crippen molar-refractivity contribution in [3.8, 4) is 5.88 Å². The number of nitrogens with zero attached hydrogens (tertiary/aromatic N) is 4. The summed E-state index contributed by atoms with van der Waals surface area (Å²) in [7, 11) is 1.30. The molecule has 12 heteroatoms. The number of thioether (sulfide) groups is 1. The van der Waals surface area contributed by atoms with Gasteiger partial charge in [0.05, 0.1) is 31.7 Å². The lowest BCUT2D eigenvalue weighted by Crippen LogP contribution is -2.32. The lowest BCUT2D eigenvalue weighted by Gasteiger charge is -2.24. The van der Waals surface area contributed by atoms with Crippen molar-refractivity contribution >= 4 is 34.8 Å². The van der Waals surface area contributed by atoms with E-state index in [4.69, 9.17) is 19.6 Å². The van der Waals surface area contributed by atoms with Gasteiger partial charge >= 0.3 is 5.97 Å². The number of amidine groups is 1. The number of carbonyl (C=O) groups is 1. The first-order valence-corrected chi connectivity index (χ1v) is 11.3. The second-order valence-electron chi connectivity index (χ2n) is 7.93. The Hall–Kier alpha value is -3.80. The molecule has 2 aliphatic rings. The summed E-state index contributed by atoms with van der Waals surface area (Å²) in [5.74, 6) is -1.33. The summed E-state index contributed by atoms with van der Waals surface area (Å²) in [6, 6.07) is 3.49. The van der Waals surface area contributed by atoms with Crippen molar-refractivity contribution in [3.63, 3.8) is 0 Å². The summed E-state index contributed by atoms with van der Waals surface area (Å²) < 4.78 is 44.1. The van der Waals surface area contributed by atoms with Crippen molar-refractivity contribution in [2.75, 3.05) is 7.11 Å². The molecule has 3 heterocycles. The third-order valence-corrected chi connectivity index (χ3v) is 7.07. The van der Waals surface area contributed by atoms with Crippen molar-refractivity contribution in [2.24, 2.45) is 16.6 Å². The van der Waals surface area contributed by atoms with Crippen LogP contribution in [-0.4, -0.2) is 37.9 Å². The molecular weight excluding hydrogens is 480 g/mol. The highest BCUT2D eigenvalue weighted by Crippen LogP contribution is 2.64. The molecule has 5 rings (SSSR count). The fourth-order valence-electron chi connectivity index (χ4n) is 4.00. The van der Waals surface area contributed by atoms with Crippen molar-refractivity contribution < 1.29 is 27.5 Å². The monoisotopic (exact) mass is 499 g/mol. The lowest BCUT2D eigenvalue weighted by molar-refractivity contribution is -0.141. The van der Waals surface area contributed by atoms with Gasteiger partial charge in [-0.2, -0.15) is 0 Å². The Morgan fingerprint density at radius 1 is 1.34 bits per heavy atom. The number of carbonyl (C=O) groups excluding carboxylic acids is 1. The van der Waals surface area contributed by atoms with Gasteiger partial charge in [-0.1, -0.05) is 17.8 Å². The van der Waals surface area contributed by atoms with Gasteiger partial charge in [0.25, 0.3) is 0 Å². The van der Waals surface area contributed by atoms with Crippen LogP contribution in [0.15, 0.2) is 52.5 Å². The first-order chi connectivity index (χ1) is 16.9. The minimum Gasteiger partial charge on any atom is -0.468 e. The van der Waals surface area contributed by atoms with E-state index in [0.29, 0.717) is 17.9 Å². The predicted octanol–water partition coefficient (Wildman–Crippen LogP) is 3.68. The average Bonchev–Trinajstić information content (AvgIpc) is 3.37. The van der Waals surface area contributed by atoms with Crippen molar-refractivity contribution in [1.82, 2.24) is 15.0 Å². The summed E-state index contributed by atoms with van der Waals surface area (Å²) in [6.07, 6.45) is 7.09. The molecule has 1 aromatic carbocycles. The van der Waals surface area contributed by atoms with E-state index in [1.54, 1.807) is 0 Å². The molecule has 0 spiro atoms. The number of rotatable bonds is 7. The van der Waals surface area contributed by atoms with Gasteiger partial charge in [-0.25, -0.2) is 23.7 Å². The maximum atomic E-state index is 14.9. The van der Waals surface area contributed by atoms with Crippen LogP contribution in [0.25, 0.3) is 11.9 Å². The second kappa shape index (κ2) is 9.10. The van der Waals surface area contributed by atoms with Crippen LogP contribution in [0.3, 0.4) is 0 Å². The van der Waals surface area contributed by atoms with Gasteiger partial charge in [-0.05, 0) is 30.2 Å². The highest BCUT2D eigenvalue weighted by atomic mass is 32.2. The first kappa shape index (κ1) is 23.0. The van der Waals surface area contributed by atoms with E-state index in [2.05, 4.69) is 19.9 Å². The van der Waals surface area contributed by atoms with Crippen LogP contribution in [-0.2, 0) is 16.1 Å². The lowest BCUT2D eigenvalue weighted by atomic mass is 9.98. The van der Waals surface area contributed by atoms with Gasteiger partial charge in [0.15, 0.2) is 17.6 Å². The molecule has 0 bridgehead atoms. The molecule has 1 aliphatic heterocycles. The van der Waals surface area contributed by atoms with E-state index >= 15 is 0 Å². The molecule has 1 fully saturated rings. The first-order valence-electron chi connectivity index (χ1n) is 10.5. The Kier molecular flexibility index (Phi) is 5.97. The summed E-state index contributed by atoms with van der Waals surface area (Å²) in [5, 5.41) is 0.182. The molecule has 180 valence electrons. The molecule has 3 unspecified atom stereocenters. The quantitative estimate of drug-likeness (QED) is 0.485. The van der Waals surface area contributed by atoms with Crippen molar-refractivity contribution in [2.45, 2.75) is 23.8 Å². The van der Waals surface area contributed by atoms with Crippen LogP contribution >= 0.6 is 11.8 Å². The van der Waals surface area contributed by atoms with Crippen LogP contribution in [0, 0.1) is 11.7 Å². The minimum absolute atomic E-state index is 0.0254. The number of halogens is 2. The number of benzene rings is 1. The number of hydrogen-bond donors (Lipinski definition) is 1. The molecule has 0 amide bonds. The molecule has 9 nitrogen and oxygen atoms in total. The Bertz CT molecular complexity index is 1320. The van der Waals surface area contributed by atoms with E-state index < -0.39 is 28.4 Å². The fraction of sp³-hybridized carbons (Fsp3) is 0.261. The summed E-state index contributed by atoms with van der Waals surface area (Å²) in [6.45, 7) is 0.0582. The summed E-state index contributed by atoms with van der Waals surface area (Å²) >= 11 is 1.14. The zero-order valence-corrected chi connectivity index (χ0v) is 19.2. The number of esters is 1. The molecule has 2 aromatic heterocycles. The molecule has 1 aliphatic carbocycles. The van der Waals surface area contributed by atoms with E-state index in [1.807, 2.05) is 0 Å². The smallest absolute Gasteiger partial charge is 0.322 e. The highest BCUT2D eigenvalue weighted by molar-refractivity contribution is 8.15. The van der Waals surface area contributed by atoms with Crippen molar-refractivity contribution in [1.29, 1.82) is 0 Å².